The van der Waals surface area contributed by atoms with Crippen LogP contribution in [0.3, 0.4) is 0 Å². The highest BCUT2D eigenvalue weighted by Crippen LogP contribution is 2.29. The number of aliphatic hydroxyl groups is 1. The van der Waals surface area contributed by atoms with Gasteiger partial charge in [0.05, 0.1) is 18.2 Å². The molecule has 0 aliphatic rings. The topological polar surface area (TPSA) is 47.3 Å². The molecule has 0 saturated carbocycles. The lowest BCUT2D eigenvalue weighted by Crippen LogP contribution is -2.26. The van der Waals surface area contributed by atoms with E-state index in [1.54, 1.807) is 0 Å². The minimum absolute atomic E-state index is 0.0855. The maximum absolute atomic E-state index is 9.17. The summed E-state index contributed by atoms with van der Waals surface area (Å²) in [5.74, 6) is 0. The van der Waals surface area contributed by atoms with Crippen molar-refractivity contribution >= 4 is 16.5 Å². The minimum Gasteiger partial charge on any atom is -0.395 e. The second kappa shape index (κ2) is 6.03. The quantitative estimate of drug-likeness (QED) is 0.832. The molecule has 2 aromatic carbocycles. The van der Waals surface area contributed by atoms with Gasteiger partial charge < -0.3 is 10.0 Å². The van der Waals surface area contributed by atoms with Crippen LogP contribution in [0.2, 0.25) is 0 Å². The third kappa shape index (κ3) is 2.59. The molecule has 2 rings (SSSR count). The molecule has 0 bridgehead atoms. The van der Waals surface area contributed by atoms with E-state index in [4.69, 9.17) is 10.4 Å². The lowest BCUT2D eigenvalue weighted by Gasteiger charge is -2.24. The summed E-state index contributed by atoms with van der Waals surface area (Å²) in [6, 6.07) is 13.8. The Morgan fingerprint density at radius 2 is 1.95 bits per heavy atom. The van der Waals surface area contributed by atoms with Gasteiger partial charge in [0.1, 0.15) is 0 Å². The first-order chi connectivity index (χ1) is 9.31. The number of anilines is 1. The Morgan fingerprint density at radius 3 is 2.58 bits per heavy atom. The maximum Gasteiger partial charge on any atom is 0.0998 e. The molecule has 96 valence electrons. The molecule has 2 aromatic rings. The molecular formula is C16H16N2O. The van der Waals surface area contributed by atoms with E-state index in [0.29, 0.717) is 18.7 Å². The zero-order chi connectivity index (χ0) is 13.7. The van der Waals surface area contributed by atoms with Crippen LogP contribution < -0.4 is 4.90 Å². The number of rotatable bonds is 5. The summed E-state index contributed by atoms with van der Waals surface area (Å²) in [5.41, 5.74) is 1.69. The first-order valence-electron chi connectivity index (χ1n) is 6.20. The molecule has 0 fully saturated rings. The fraction of sp³-hybridized carbons (Fsp3) is 0.188. The molecule has 19 heavy (non-hydrogen) atoms. The summed E-state index contributed by atoms with van der Waals surface area (Å²) in [5, 5.41) is 20.3. The van der Waals surface area contributed by atoms with Gasteiger partial charge in [0, 0.05) is 29.5 Å². The number of nitriles is 1. The van der Waals surface area contributed by atoms with E-state index in [1.165, 1.54) is 0 Å². The summed E-state index contributed by atoms with van der Waals surface area (Å²) < 4.78 is 0. The molecule has 0 amide bonds. The average Bonchev–Trinajstić information content (AvgIpc) is 2.46. The Morgan fingerprint density at radius 1 is 1.21 bits per heavy atom. The highest BCUT2D eigenvalue weighted by Gasteiger charge is 2.10. The van der Waals surface area contributed by atoms with Crippen molar-refractivity contribution in [2.45, 2.75) is 0 Å². The van der Waals surface area contributed by atoms with Crippen molar-refractivity contribution in [3.63, 3.8) is 0 Å². The Labute approximate surface area is 113 Å². The smallest absolute Gasteiger partial charge is 0.0998 e. The van der Waals surface area contributed by atoms with Crippen LogP contribution in [0.25, 0.3) is 10.8 Å². The van der Waals surface area contributed by atoms with Gasteiger partial charge in [-0.1, -0.05) is 30.3 Å². The van der Waals surface area contributed by atoms with Gasteiger partial charge in [-0.25, -0.2) is 0 Å². The number of hydrogen-bond donors (Lipinski definition) is 1. The van der Waals surface area contributed by atoms with E-state index in [2.05, 4.69) is 17.5 Å². The third-order valence-corrected chi connectivity index (χ3v) is 3.08. The fourth-order valence-electron chi connectivity index (χ4n) is 2.24. The van der Waals surface area contributed by atoms with Crippen LogP contribution in [0, 0.1) is 11.3 Å². The van der Waals surface area contributed by atoms with E-state index < -0.39 is 0 Å². The molecule has 0 unspecified atom stereocenters. The third-order valence-electron chi connectivity index (χ3n) is 3.08. The molecule has 0 radical (unpaired) electrons. The molecule has 0 spiro atoms. The lowest BCUT2D eigenvalue weighted by atomic mass is 10.0. The Balaban J connectivity index is 2.60. The van der Waals surface area contributed by atoms with Gasteiger partial charge in [-0.15, -0.1) is 6.58 Å². The molecule has 3 nitrogen and oxygen atoms in total. The van der Waals surface area contributed by atoms with Crippen molar-refractivity contribution in [3.8, 4) is 6.07 Å². The van der Waals surface area contributed by atoms with E-state index >= 15 is 0 Å². The van der Waals surface area contributed by atoms with Gasteiger partial charge in [0.2, 0.25) is 0 Å². The van der Waals surface area contributed by atoms with E-state index in [9.17, 15) is 0 Å². The number of fused-ring (bicyclic) bond motifs is 1. The van der Waals surface area contributed by atoms with Crippen LogP contribution >= 0.6 is 0 Å². The summed E-state index contributed by atoms with van der Waals surface area (Å²) in [6.45, 7) is 5.04. The molecule has 0 aromatic heterocycles. The second-order valence-electron chi connectivity index (χ2n) is 4.25. The van der Waals surface area contributed by atoms with Gasteiger partial charge in [0.15, 0.2) is 0 Å². The highest BCUT2D eigenvalue weighted by molar-refractivity contribution is 5.97. The van der Waals surface area contributed by atoms with Gasteiger partial charge in [-0.3, -0.25) is 0 Å². The number of aliphatic hydroxyl groups excluding tert-OH is 1. The normalized spacial score (nSPS) is 10.1. The van der Waals surface area contributed by atoms with Crippen molar-refractivity contribution in [3.05, 3.63) is 54.6 Å². The summed E-state index contributed by atoms with van der Waals surface area (Å²) in [6.07, 6.45) is 1.81. The van der Waals surface area contributed by atoms with Crippen molar-refractivity contribution in [1.29, 1.82) is 5.26 Å². The zero-order valence-electron chi connectivity index (χ0n) is 10.7. The van der Waals surface area contributed by atoms with Gasteiger partial charge in [-0.05, 0) is 12.1 Å². The number of benzene rings is 2. The Bertz CT molecular complexity index is 628. The van der Waals surface area contributed by atoms with Crippen molar-refractivity contribution in [2.24, 2.45) is 0 Å². The fourth-order valence-corrected chi connectivity index (χ4v) is 2.24. The summed E-state index contributed by atoms with van der Waals surface area (Å²) in [7, 11) is 0. The maximum atomic E-state index is 9.17. The second-order valence-corrected chi connectivity index (χ2v) is 4.25. The van der Waals surface area contributed by atoms with Crippen LogP contribution in [-0.4, -0.2) is 24.8 Å². The van der Waals surface area contributed by atoms with Crippen molar-refractivity contribution in [1.82, 2.24) is 0 Å². The largest absolute Gasteiger partial charge is 0.395 e. The number of nitrogens with zero attached hydrogens (tertiary/aromatic N) is 2. The van der Waals surface area contributed by atoms with Crippen molar-refractivity contribution in [2.75, 3.05) is 24.6 Å². The van der Waals surface area contributed by atoms with E-state index in [0.717, 1.165) is 16.5 Å². The average molecular weight is 252 g/mol. The first-order valence-corrected chi connectivity index (χ1v) is 6.20. The predicted molar refractivity (Wildman–Crippen MR) is 78.2 cm³/mol. The van der Waals surface area contributed by atoms with Crippen LogP contribution in [0.15, 0.2) is 49.1 Å². The highest BCUT2D eigenvalue weighted by atomic mass is 16.3. The van der Waals surface area contributed by atoms with Crippen LogP contribution in [-0.2, 0) is 0 Å². The van der Waals surface area contributed by atoms with Gasteiger partial charge in [0.25, 0.3) is 0 Å². The van der Waals surface area contributed by atoms with Crippen LogP contribution in [0.4, 0.5) is 5.69 Å². The van der Waals surface area contributed by atoms with E-state index in [1.807, 2.05) is 42.5 Å². The SMILES string of the molecule is C=CCN(CCO)c1ccc(C#N)c2ccccc12. The summed E-state index contributed by atoms with van der Waals surface area (Å²) in [4.78, 5) is 2.05. The Kier molecular flexibility index (Phi) is 4.17. The lowest BCUT2D eigenvalue weighted by molar-refractivity contribution is 0.303. The molecule has 0 aliphatic heterocycles. The van der Waals surface area contributed by atoms with E-state index in [-0.39, 0.29) is 6.61 Å². The standard InChI is InChI=1S/C16H16N2O/c1-2-9-18(10-11-19)16-8-7-13(12-17)14-5-3-4-6-15(14)16/h2-8,19H,1,9-11H2. The predicted octanol–water partition coefficient (Wildman–Crippen LogP) is 2.70. The van der Waals surface area contributed by atoms with Gasteiger partial charge >= 0.3 is 0 Å². The molecule has 1 N–H and O–H groups in total. The molecule has 0 heterocycles. The Hall–Kier alpha value is -2.31. The number of hydrogen-bond acceptors (Lipinski definition) is 3. The molecule has 3 heteroatoms. The molecule has 0 atom stereocenters. The minimum atomic E-state index is 0.0855. The molecule has 0 saturated heterocycles. The van der Waals surface area contributed by atoms with Gasteiger partial charge in [-0.2, -0.15) is 5.26 Å². The summed E-state index contributed by atoms with van der Waals surface area (Å²) >= 11 is 0. The van der Waals surface area contributed by atoms with Crippen LogP contribution in [0.1, 0.15) is 5.56 Å². The monoisotopic (exact) mass is 252 g/mol. The molecular weight excluding hydrogens is 236 g/mol. The van der Waals surface area contributed by atoms with Crippen molar-refractivity contribution < 1.29 is 5.11 Å². The zero-order valence-corrected chi connectivity index (χ0v) is 10.7. The van der Waals surface area contributed by atoms with Crippen LogP contribution in [0.5, 0.6) is 0 Å². The molecule has 0 aliphatic carbocycles. The first kappa shape index (κ1) is 13.1.